The molecule has 0 amide bonds. The highest BCUT2D eigenvalue weighted by atomic mass is 79.9. The van der Waals surface area contributed by atoms with Gasteiger partial charge in [-0.1, -0.05) is 25.8 Å². The van der Waals surface area contributed by atoms with Crippen LogP contribution in [0.2, 0.25) is 0 Å². The normalized spacial score (nSPS) is 23.5. The van der Waals surface area contributed by atoms with Crippen molar-refractivity contribution >= 4 is 26.0 Å². The van der Waals surface area contributed by atoms with Crippen molar-refractivity contribution in [1.29, 1.82) is 0 Å². The van der Waals surface area contributed by atoms with Crippen LogP contribution in [0.15, 0.2) is 27.6 Å². The molecule has 0 aromatic heterocycles. The molecule has 0 heterocycles. The topological polar surface area (TPSA) is 63.4 Å². The molecule has 1 aromatic carbocycles. The summed E-state index contributed by atoms with van der Waals surface area (Å²) in [5.74, 6) is 0.584. The smallest absolute Gasteiger partial charge is 0.244 e. The van der Waals surface area contributed by atoms with Crippen molar-refractivity contribution in [2.75, 3.05) is 7.05 Å². The molecule has 0 bridgehead atoms. The molecule has 1 fully saturated rings. The maximum atomic E-state index is 12.9. The molecule has 0 aliphatic heterocycles. The molecule has 2 unspecified atom stereocenters. The minimum atomic E-state index is -3.49. The van der Waals surface area contributed by atoms with E-state index in [-0.39, 0.29) is 6.04 Å². The third-order valence-corrected chi connectivity index (χ3v) is 7.22. The fourth-order valence-electron chi connectivity index (χ4n) is 2.96. The van der Waals surface area contributed by atoms with Crippen molar-refractivity contribution in [3.63, 3.8) is 0 Å². The molecule has 2 atom stereocenters. The Morgan fingerprint density at radius 1 is 1.38 bits per heavy atom. The summed E-state index contributed by atoms with van der Waals surface area (Å²) in [7, 11) is -1.80. The Hall–Kier alpha value is -0.430. The second-order valence-electron chi connectivity index (χ2n) is 5.92. The number of sulfonamides is 1. The van der Waals surface area contributed by atoms with E-state index in [0.717, 1.165) is 24.8 Å². The van der Waals surface area contributed by atoms with Crippen molar-refractivity contribution in [3.05, 3.63) is 28.2 Å². The second kappa shape index (κ2) is 6.77. The number of benzene rings is 1. The van der Waals surface area contributed by atoms with Gasteiger partial charge in [0, 0.05) is 24.1 Å². The SMILES string of the molecule is CC1CCCC(N(C)S(=O)(=O)c2cc(CN)ccc2Br)C1. The Morgan fingerprint density at radius 3 is 2.71 bits per heavy atom. The molecule has 0 spiro atoms. The third kappa shape index (κ3) is 3.67. The van der Waals surface area contributed by atoms with Crippen LogP contribution in [-0.2, 0) is 16.6 Å². The highest BCUT2D eigenvalue weighted by Gasteiger charge is 2.32. The summed E-state index contributed by atoms with van der Waals surface area (Å²) >= 11 is 3.35. The van der Waals surface area contributed by atoms with E-state index in [1.54, 1.807) is 23.5 Å². The molecule has 2 N–H and O–H groups in total. The molecule has 1 aliphatic carbocycles. The van der Waals surface area contributed by atoms with Gasteiger partial charge in [-0.05, 0) is 52.4 Å². The van der Waals surface area contributed by atoms with E-state index in [0.29, 0.717) is 21.8 Å². The van der Waals surface area contributed by atoms with E-state index in [1.807, 2.05) is 6.07 Å². The second-order valence-corrected chi connectivity index (χ2v) is 8.74. The van der Waals surface area contributed by atoms with E-state index in [9.17, 15) is 8.42 Å². The number of hydrogen-bond acceptors (Lipinski definition) is 3. The van der Waals surface area contributed by atoms with Crippen LogP contribution in [0.25, 0.3) is 0 Å². The zero-order valence-electron chi connectivity index (χ0n) is 12.5. The van der Waals surface area contributed by atoms with Crippen LogP contribution in [0, 0.1) is 5.92 Å². The van der Waals surface area contributed by atoms with Gasteiger partial charge in [0.1, 0.15) is 0 Å². The van der Waals surface area contributed by atoms with Crippen molar-refractivity contribution in [1.82, 2.24) is 4.31 Å². The van der Waals surface area contributed by atoms with Crippen molar-refractivity contribution < 1.29 is 8.42 Å². The van der Waals surface area contributed by atoms with Crippen molar-refractivity contribution in [3.8, 4) is 0 Å². The van der Waals surface area contributed by atoms with Crippen LogP contribution < -0.4 is 5.73 Å². The average molecular weight is 375 g/mol. The first-order chi connectivity index (χ1) is 9.86. The number of hydrogen-bond donors (Lipinski definition) is 1. The monoisotopic (exact) mass is 374 g/mol. The number of nitrogens with zero attached hydrogens (tertiary/aromatic N) is 1. The minimum Gasteiger partial charge on any atom is -0.326 e. The molecule has 1 saturated carbocycles. The van der Waals surface area contributed by atoms with E-state index in [2.05, 4.69) is 22.9 Å². The molecule has 21 heavy (non-hydrogen) atoms. The van der Waals surface area contributed by atoms with Crippen LogP contribution in [0.3, 0.4) is 0 Å². The van der Waals surface area contributed by atoms with E-state index in [1.165, 1.54) is 6.42 Å². The Balaban J connectivity index is 2.32. The van der Waals surface area contributed by atoms with Gasteiger partial charge >= 0.3 is 0 Å². The fourth-order valence-corrected chi connectivity index (χ4v) is 5.33. The molecule has 4 nitrogen and oxygen atoms in total. The lowest BCUT2D eigenvalue weighted by Crippen LogP contribution is -2.39. The van der Waals surface area contributed by atoms with Crippen LogP contribution in [0.5, 0.6) is 0 Å². The maximum absolute atomic E-state index is 12.9. The van der Waals surface area contributed by atoms with Gasteiger partial charge in [-0.3, -0.25) is 0 Å². The Labute approximate surface area is 135 Å². The predicted octanol–water partition coefficient (Wildman–Crippen LogP) is 3.11. The van der Waals surface area contributed by atoms with Gasteiger partial charge in [0.05, 0.1) is 4.90 Å². The average Bonchev–Trinajstić information content (AvgIpc) is 2.46. The number of rotatable bonds is 4. The third-order valence-electron chi connectivity index (χ3n) is 4.31. The van der Waals surface area contributed by atoms with Gasteiger partial charge in [-0.15, -0.1) is 0 Å². The summed E-state index contributed by atoms with van der Waals surface area (Å²) in [6.45, 7) is 2.53. The number of halogens is 1. The first kappa shape index (κ1) is 16.9. The highest BCUT2D eigenvalue weighted by Crippen LogP contribution is 2.32. The zero-order chi connectivity index (χ0) is 15.6. The molecular weight excluding hydrogens is 352 g/mol. The predicted molar refractivity (Wildman–Crippen MR) is 88.4 cm³/mol. The summed E-state index contributed by atoms with van der Waals surface area (Å²) in [4.78, 5) is 0.311. The maximum Gasteiger partial charge on any atom is 0.244 e. The van der Waals surface area contributed by atoms with Crippen LogP contribution in [0.4, 0.5) is 0 Å². The molecule has 2 rings (SSSR count). The lowest BCUT2D eigenvalue weighted by Gasteiger charge is -2.33. The molecular formula is C15H23BrN2O2S. The zero-order valence-corrected chi connectivity index (χ0v) is 15.0. The first-order valence-electron chi connectivity index (χ1n) is 7.32. The van der Waals surface area contributed by atoms with E-state index in [4.69, 9.17) is 5.73 Å². The molecule has 6 heteroatoms. The summed E-state index contributed by atoms with van der Waals surface area (Å²) < 4.78 is 27.9. The Bertz CT molecular complexity index is 604. The lowest BCUT2D eigenvalue weighted by atomic mass is 9.87. The molecule has 0 saturated heterocycles. The van der Waals surface area contributed by atoms with Crippen LogP contribution >= 0.6 is 15.9 Å². The minimum absolute atomic E-state index is 0.0900. The first-order valence-corrected chi connectivity index (χ1v) is 9.56. The van der Waals surface area contributed by atoms with Gasteiger partial charge in [-0.25, -0.2) is 8.42 Å². The fraction of sp³-hybridized carbons (Fsp3) is 0.600. The Kier molecular flexibility index (Phi) is 5.46. The van der Waals surface area contributed by atoms with Crippen LogP contribution in [0.1, 0.15) is 38.2 Å². The van der Waals surface area contributed by atoms with Gasteiger partial charge in [-0.2, -0.15) is 4.31 Å². The van der Waals surface area contributed by atoms with Crippen molar-refractivity contribution in [2.24, 2.45) is 11.7 Å². The van der Waals surface area contributed by atoms with Gasteiger partial charge in [0.15, 0.2) is 0 Å². The highest BCUT2D eigenvalue weighted by molar-refractivity contribution is 9.10. The number of nitrogens with two attached hydrogens (primary N) is 1. The lowest BCUT2D eigenvalue weighted by molar-refractivity contribution is 0.239. The summed E-state index contributed by atoms with van der Waals surface area (Å²) in [5.41, 5.74) is 6.45. The molecule has 1 aliphatic rings. The van der Waals surface area contributed by atoms with E-state index >= 15 is 0 Å². The molecule has 0 radical (unpaired) electrons. The molecule has 118 valence electrons. The summed E-state index contributed by atoms with van der Waals surface area (Å²) in [6, 6.07) is 5.35. The Morgan fingerprint density at radius 2 is 2.10 bits per heavy atom. The quantitative estimate of drug-likeness (QED) is 0.880. The van der Waals surface area contributed by atoms with Gasteiger partial charge < -0.3 is 5.73 Å². The van der Waals surface area contributed by atoms with E-state index < -0.39 is 10.0 Å². The van der Waals surface area contributed by atoms with Crippen molar-refractivity contribution in [2.45, 2.75) is 50.1 Å². The van der Waals surface area contributed by atoms with Crippen LogP contribution in [-0.4, -0.2) is 25.8 Å². The summed E-state index contributed by atoms with van der Waals surface area (Å²) in [6.07, 6.45) is 4.16. The van der Waals surface area contributed by atoms with Gasteiger partial charge in [0.25, 0.3) is 0 Å². The largest absolute Gasteiger partial charge is 0.326 e. The molecule has 1 aromatic rings. The van der Waals surface area contributed by atoms with Gasteiger partial charge in [0.2, 0.25) is 10.0 Å². The standard InChI is InChI=1S/C15H23BrN2O2S/c1-11-4-3-5-13(8-11)18(2)21(19,20)15-9-12(10-17)6-7-14(15)16/h6-7,9,11,13H,3-5,8,10,17H2,1-2H3. The summed E-state index contributed by atoms with van der Waals surface area (Å²) in [5, 5.41) is 0.